The number of alkyl halides is 1. The van der Waals surface area contributed by atoms with Crippen LogP contribution in [0, 0.1) is 0 Å². The third-order valence-corrected chi connectivity index (χ3v) is 4.89. The number of hydrogen-bond donors (Lipinski definition) is 1. The van der Waals surface area contributed by atoms with Crippen LogP contribution in [0.15, 0.2) is 18.2 Å². The van der Waals surface area contributed by atoms with Gasteiger partial charge in [-0.2, -0.15) is 0 Å². The van der Waals surface area contributed by atoms with Crippen LogP contribution in [0.2, 0.25) is 5.02 Å². The van der Waals surface area contributed by atoms with E-state index in [9.17, 15) is 13.2 Å². The molecule has 0 atom stereocenters. The first-order valence-electron chi connectivity index (χ1n) is 4.84. The molecule has 1 amide bonds. The summed E-state index contributed by atoms with van der Waals surface area (Å²) < 4.78 is 25.0. The number of carbonyl (C=O) groups excluding carboxylic acids is 1. The largest absolute Gasteiger partial charge is 0.345 e. The molecule has 0 aliphatic carbocycles. The molecule has 0 saturated heterocycles. The molecule has 8 heteroatoms. The van der Waals surface area contributed by atoms with Crippen molar-refractivity contribution in [2.45, 2.75) is 0 Å². The van der Waals surface area contributed by atoms with Gasteiger partial charge in [0.2, 0.25) is 10.0 Å². The van der Waals surface area contributed by atoms with E-state index in [4.69, 9.17) is 11.6 Å². The molecule has 0 aromatic heterocycles. The summed E-state index contributed by atoms with van der Waals surface area (Å²) in [7, 11) is -0.368. The lowest BCUT2D eigenvalue weighted by molar-refractivity contribution is 0.0828. The molecule has 1 aromatic rings. The maximum Gasteiger partial charge on any atom is 0.255 e. The van der Waals surface area contributed by atoms with Gasteiger partial charge in [-0.15, -0.1) is 0 Å². The number of hydrogen-bond acceptors (Lipinski definition) is 3. The molecule has 0 aliphatic rings. The smallest absolute Gasteiger partial charge is 0.255 e. The SMILES string of the molecule is CN(C)C(=O)c1ccc(Cl)cc1NS(=O)(=O)CBr. The van der Waals surface area contributed by atoms with Gasteiger partial charge in [0.25, 0.3) is 5.91 Å². The van der Waals surface area contributed by atoms with Crippen LogP contribution in [0.25, 0.3) is 0 Å². The molecule has 0 aliphatic heterocycles. The highest BCUT2D eigenvalue weighted by Crippen LogP contribution is 2.23. The average molecular weight is 356 g/mol. The van der Waals surface area contributed by atoms with Gasteiger partial charge in [-0.25, -0.2) is 8.42 Å². The number of nitrogens with zero attached hydrogens (tertiary/aromatic N) is 1. The van der Waals surface area contributed by atoms with Crippen molar-refractivity contribution in [2.24, 2.45) is 0 Å². The highest BCUT2D eigenvalue weighted by atomic mass is 79.9. The third-order valence-electron chi connectivity index (χ3n) is 2.03. The van der Waals surface area contributed by atoms with E-state index in [-0.39, 0.29) is 21.8 Å². The molecule has 1 aromatic carbocycles. The van der Waals surface area contributed by atoms with E-state index >= 15 is 0 Å². The van der Waals surface area contributed by atoms with Gasteiger partial charge >= 0.3 is 0 Å². The number of amides is 1. The van der Waals surface area contributed by atoms with Crippen LogP contribution < -0.4 is 4.72 Å². The van der Waals surface area contributed by atoms with Gasteiger partial charge in [-0.1, -0.05) is 27.5 Å². The van der Waals surface area contributed by atoms with Crippen LogP contribution in [0.5, 0.6) is 0 Å². The van der Waals surface area contributed by atoms with Crippen molar-refractivity contribution in [3.8, 4) is 0 Å². The molecule has 0 radical (unpaired) electrons. The molecule has 0 fully saturated rings. The van der Waals surface area contributed by atoms with Crippen molar-refractivity contribution >= 4 is 49.1 Å². The van der Waals surface area contributed by atoms with Gasteiger partial charge in [0.15, 0.2) is 0 Å². The number of nitrogens with one attached hydrogen (secondary N) is 1. The van der Waals surface area contributed by atoms with E-state index < -0.39 is 10.0 Å². The van der Waals surface area contributed by atoms with Gasteiger partial charge in [0.05, 0.1) is 11.3 Å². The molecular weight excluding hydrogens is 344 g/mol. The van der Waals surface area contributed by atoms with Gasteiger partial charge in [0.1, 0.15) is 4.66 Å². The molecule has 0 bridgehead atoms. The predicted molar refractivity (Wildman–Crippen MR) is 75.8 cm³/mol. The summed E-state index contributed by atoms with van der Waals surface area (Å²) in [5.41, 5.74) is 0.412. The molecule has 0 heterocycles. The predicted octanol–water partition coefficient (Wildman–Crippen LogP) is 2.14. The van der Waals surface area contributed by atoms with Crippen LogP contribution >= 0.6 is 27.5 Å². The van der Waals surface area contributed by atoms with Crippen LogP contribution in [-0.4, -0.2) is 38.0 Å². The lowest BCUT2D eigenvalue weighted by Crippen LogP contribution is -2.24. The van der Waals surface area contributed by atoms with Crippen LogP contribution in [0.3, 0.4) is 0 Å². The second-order valence-electron chi connectivity index (χ2n) is 3.72. The minimum Gasteiger partial charge on any atom is -0.345 e. The van der Waals surface area contributed by atoms with Crippen LogP contribution in [0.4, 0.5) is 5.69 Å². The summed E-state index contributed by atoms with van der Waals surface area (Å²) in [6.45, 7) is 0. The topological polar surface area (TPSA) is 66.5 Å². The second kappa shape index (κ2) is 5.90. The summed E-state index contributed by atoms with van der Waals surface area (Å²) >= 11 is 8.66. The van der Waals surface area contributed by atoms with E-state index in [0.29, 0.717) is 5.02 Å². The number of halogens is 2. The Labute approximate surface area is 119 Å². The zero-order valence-electron chi connectivity index (χ0n) is 9.78. The van der Waals surface area contributed by atoms with Crippen molar-refractivity contribution in [2.75, 3.05) is 23.5 Å². The summed E-state index contributed by atoms with van der Waals surface area (Å²) in [5, 5.41) is 0.345. The lowest BCUT2D eigenvalue weighted by atomic mass is 10.1. The molecule has 0 unspecified atom stereocenters. The van der Waals surface area contributed by atoms with Crippen molar-refractivity contribution in [3.63, 3.8) is 0 Å². The monoisotopic (exact) mass is 354 g/mol. The molecule has 5 nitrogen and oxygen atoms in total. The fraction of sp³-hybridized carbons (Fsp3) is 0.300. The first-order chi connectivity index (χ1) is 8.26. The van der Waals surface area contributed by atoms with E-state index in [1.165, 1.54) is 23.1 Å². The van der Waals surface area contributed by atoms with Crippen molar-refractivity contribution < 1.29 is 13.2 Å². The number of benzene rings is 1. The Morgan fingerprint density at radius 2 is 2.06 bits per heavy atom. The van der Waals surface area contributed by atoms with E-state index in [0.717, 1.165) is 0 Å². The third kappa shape index (κ3) is 3.86. The van der Waals surface area contributed by atoms with Gasteiger partial charge < -0.3 is 4.90 Å². The Kier molecular flexibility index (Phi) is 5.01. The van der Waals surface area contributed by atoms with Gasteiger partial charge in [-0.3, -0.25) is 9.52 Å². The molecular formula is C10H12BrClN2O3S. The standard InChI is InChI=1S/C10H12BrClN2O3S/c1-14(2)10(15)8-4-3-7(12)5-9(8)13-18(16,17)6-11/h3-5,13H,6H2,1-2H3. The van der Waals surface area contributed by atoms with E-state index in [1.54, 1.807) is 14.1 Å². The maximum atomic E-state index is 11.9. The first-order valence-corrected chi connectivity index (χ1v) is 7.99. The van der Waals surface area contributed by atoms with Gasteiger partial charge in [-0.05, 0) is 18.2 Å². The molecule has 100 valence electrons. The number of anilines is 1. The Morgan fingerprint density at radius 1 is 1.44 bits per heavy atom. The summed E-state index contributed by atoms with van der Waals surface area (Å²) in [6.07, 6.45) is 0. The Morgan fingerprint density at radius 3 is 2.56 bits per heavy atom. The minimum absolute atomic E-state index is 0.167. The molecule has 0 spiro atoms. The fourth-order valence-electron chi connectivity index (χ4n) is 1.22. The summed E-state index contributed by atoms with van der Waals surface area (Å²) in [6, 6.07) is 4.42. The van der Waals surface area contributed by atoms with E-state index in [1.807, 2.05) is 0 Å². The fourth-order valence-corrected chi connectivity index (χ4v) is 2.30. The molecule has 1 N–H and O–H groups in total. The number of carbonyl (C=O) groups is 1. The quantitative estimate of drug-likeness (QED) is 0.842. The molecule has 0 saturated carbocycles. The van der Waals surface area contributed by atoms with Crippen LogP contribution in [0.1, 0.15) is 10.4 Å². The Bertz CT molecular complexity index is 560. The molecule has 18 heavy (non-hydrogen) atoms. The number of rotatable bonds is 4. The minimum atomic E-state index is -3.53. The van der Waals surface area contributed by atoms with Crippen molar-refractivity contribution in [1.82, 2.24) is 4.90 Å². The van der Waals surface area contributed by atoms with E-state index in [2.05, 4.69) is 20.7 Å². The Hall–Kier alpha value is -0.790. The molecule has 1 rings (SSSR count). The first kappa shape index (κ1) is 15.3. The zero-order chi connectivity index (χ0) is 13.9. The maximum absolute atomic E-state index is 11.9. The summed E-state index contributed by atoms with van der Waals surface area (Å²) in [4.78, 5) is 13.2. The highest BCUT2D eigenvalue weighted by molar-refractivity contribution is 9.10. The van der Waals surface area contributed by atoms with Crippen molar-refractivity contribution in [3.05, 3.63) is 28.8 Å². The average Bonchev–Trinajstić information content (AvgIpc) is 2.28. The second-order valence-corrected chi connectivity index (χ2v) is 7.18. The summed E-state index contributed by atoms with van der Waals surface area (Å²) in [5.74, 6) is -0.307. The Balaban J connectivity index is 3.24. The normalized spacial score (nSPS) is 11.1. The lowest BCUT2D eigenvalue weighted by Gasteiger charge is -2.15. The highest BCUT2D eigenvalue weighted by Gasteiger charge is 2.17. The van der Waals surface area contributed by atoms with Gasteiger partial charge in [0, 0.05) is 19.1 Å². The zero-order valence-corrected chi connectivity index (χ0v) is 12.9. The van der Waals surface area contributed by atoms with Crippen LogP contribution in [-0.2, 0) is 10.0 Å². The van der Waals surface area contributed by atoms with Crippen molar-refractivity contribution in [1.29, 1.82) is 0 Å². The number of sulfonamides is 1.